The van der Waals surface area contributed by atoms with Crippen LogP contribution in [0.3, 0.4) is 0 Å². The Bertz CT molecular complexity index is 412. The Hall–Kier alpha value is -0.970. The van der Waals surface area contributed by atoms with Crippen molar-refractivity contribution in [1.82, 2.24) is 9.78 Å². The maximum Gasteiger partial charge on any atom is 0.250 e. The van der Waals surface area contributed by atoms with Crippen molar-refractivity contribution in [3.8, 4) is 0 Å². The monoisotopic (exact) mass is 209 g/mol. The molecule has 74 valence electrons. The maximum absolute atomic E-state index is 11.5. The summed E-state index contributed by atoms with van der Waals surface area (Å²) in [6, 6.07) is -0.0828. The van der Waals surface area contributed by atoms with Crippen LogP contribution in [0.5, 0.6) is 0 Å². The van der Waals surface area contributed by atoms with Gasteiger partial charge in [-0.2, -0.15) is 16.9 Å². The van der Waals surface area contributed by atoms with Gasteiger partial charge in [0.05, 0.1) is 5.69 Å². The number of aromatic nitrogens is 2. The number of thioether (sulfide) groups is 1. The van der Waals surface area contributed by atoms with Gasteiger partial charge in [0.15, 0.2) is 0 Å². The van der Waals surface area contributed by atoms with E-state index in [1.54, 1.807) is 0 Å². The molecule has 0 fully saturated rings. The molecule has 3 rings (SSSR count). The molecule has 1 amide bonds. The molecule has 4 nitrogen and oxygen atoms in total. The first-order chi connectivity index (χ1) is 6.81. The van der Waals surface area contributed by atoms with Gasteiger partial charge in [-0.15, -0.1) is 0 Å². The quantitative estimate of drug-likeness (QED) is 0.763. The molecular weight excluding hydrogens is 198 g/mol. The van der Waals surface area contributed by atoms with E-state index in [1.165, 1.54) is 5.56 Å². The summed E-state index contributed by atoms with van der Waals surface area (Å²) in [5, 5.41) is 7.41. The lowest BCUT2D eigenvalue weighted by Gasteiger charge is -2.04. The second-order valence-corrected chi connectivity index (χ2v) is 4.61. The van der Waals surface area contributed by atoms with Crippen molar-refractivity contribution in [2.45, 2.75) is 30.9 Å². The van der Waals surface area contributed by atoms with Crippen molar-refractivity contribution in [3.05, 3.63) is 11.3 Å². The van der Waals surface area contributed by atoms with Crippen LogP contribution < -0.4 is 5.32 Å². The van der Waals surface area contributed by atoms with Crippen molar-refractivity contribution in [2.24, 2.45) is 0 Å². The molecule has 0 radical (unpaired) electrons. The highest BCUT2D eigenvalue weighted by molar-refractivity contribution is 7.98. The number of anilines is 1. The van der Waals surface area contributed by atoms with Gasteiger partial charge >= 0.3 is 0 Å². The van der Waals surface area contributed by atoms with Gasteiger partial charge in [0, 0.05) is 17.1 Å². The Balaban J connectivity index is 2.12. The number of rotatable bonds is 1. The van der Waals surface area contributed by atoms with E-state index in [2.05, 4.69) is 10.4 Å². The summed E-state index contributed by atoms with van der Waals surface area (Å²) in [6.07, 6.45) is 0.812. The van der Waals surface area contributed by atoms with Crippen LogP contribution in [0.4, 0.5) is 5.82 Å². The zero-order valence-corrected chi connectivity index (χ0v) is 8.73. The summed E-state index contributed by atoms with van der Waals surface area (Å²) in [7, 11) is 0. The number of hydrogen-bond donors (Lipinski definition) is 1. The number of amides is 1. The highest BCUT2D eigenvalue weighted by atomic mass is 32.2. The van der Waals surface area contributed by atoms with Crippen LogP contribution in [0.2, 0.25) is 0 Å². The van der Waals surface area contributed by atoms with Crippen molar-refractivity contribution in [2.75, 3.05) is 5.32 Å². The van der Waals surface area contributed by atoms with Gasteiger partial charge in [0.25, 0.3) is 0 Å². The fraction of sp³-hybridized carbons (Fsp3) is 0.556. The SMILES string of the molecule is CC[C@@H]1C(=O)Nc2c3c(nn21)CSC3. The fourth-order valence-electron chi connectivity index (χ4n) is 2.06. The zero-order chi connectivity index (χ0) is 9.71. The molecule has 0 unspecified atom stereocenters. The first-order valence-electron chi connectivity index (χ1n) is 4.80. The Kier molecular flexibility index (Phi) is 1.65. The predicted octanol–water partition coefficient (Wildman–Crippen LogP) is 1.53. The van der Waals surface area contributed by atoms with Crippen molar-refractivity contribution in [1.29, 1.82) is 0 Å². The first kappa shape index (κ1) is 8.35. The van der Waals surface area contributed by atoms with E-state index in [0.717, 1.165) is 29.4 Å². The van der Waals surface area contributed by atoms with Gasteiger partial charge in [-0.25, -0.2) is 4.68 Å². The molecule has 1 N–H and O–H groups in total. The zero-order valence-electron chi connectivity index (χ0n) is 7.91. The van der Waals surface area contributed by atoms with E-state index in [0.29, 0.717) is 0 Å². The van der Waals surface area contributed by atoms with Crippen LogP contribution in [0.25, 0.3) is 0 Å². The van der Waals surface area contributed by atoms with Crippen LogP contribution in [-0.4, -0.2) is 15.7 Å². The average Bonchev–Trinajstić information content (AvgIpc) is 2.76. The molecule has 0 aromatic carbocycles. The minimum Gasteiger partial charge on any atom is -0.309 e. The Labute approximate surface area is 86.1 Å². The summed E-state index contributed by atoms with van der Waals surface area (Å²) < 4.78 is 1.87. The summed E-state index contributed by atoms with van der Waals surface area (Å²) in [6.45, 7) is 2.01. The molecule has 1 aromatic heterocycles. The topological polar surface area (TPSA) is 46.9 Å². The maximum atomic E-state index is 11.5. The van der Waals surface area contributed by atoms with Crippen LogP contribution in [-0.2, 0) is 16.3 Å². The van der Waals surface area contributed by atoms with E-state index in [1.807, 2.05) is 23.4 Å². The van der Waals surface area contributed by atoms with Gasteiger partial charge in [0.1, 0.15) is 11.9 Å². The number of carbonyl (C=O) groups is 1. The molecule has 2 aliphatic heterocycles. The smallest absolute Gasteiger partial charge is 0.250 e. The van der Waals surface area contributed by atoms with Crippen LogP contribution in [0.1, 0.15) is 30.6 Å². The summed E-state index contributed by atoms with van der Waals surface area (Å²) in [4.78, 5) is 11.5. The molecular formula is C9H11N3OS. The third-order valence-corrected chi connectivity index (χ3v) is 3.77. The van der Waals surface area contributed by atoms with E-state index in [4.69, 9.17) is 0 Å². The van der Waals surface area contributed by atoms with Crippen molar-refractivity contribution < 1.29 is 4.79 Å². The first-order valence-corrected chi connectivity index (χ1v) is 5.95. The molecule has 3 heterocycles. The second-order valence-electron chi connectivity index (χ2n) is 3.62. The van der Waals surface area contributed by atoms with E-state index >= 15 is 0 Å². The molecule has 0 spiro atoms. The molecule has 5 heteroatoms. The molecule has 14 heavy (non-hydrogen) atoms. The molecule has 0 bridgehead atoms. The number of carbonyl (C=O) groups excluding carboxylic acids is 1. The van der Waals surface area contributed by atoms with Gasteiger partial charge in [-0.3, -0.25) is 4.79 Å². The predicted molar refractivity (Wildman–Crippen MR) is 55.2 cm³/mol. The number of fused-ring (bicyclic) bond motifs is 3. The molecule has 2 aliphatic rings. The lowest BCUT2D eigenvalue weighted by atomic mass is 10.2. The van der Waals surface area contributed by atoms with Crippen molar-refractivity contribution >= 4 is 23.5 Å². The van der Waals surface area contributed by atoms with E-state index in [9.17, 15) is 4.79 Å². The normalized spacial score (nSPS) is 23.5. The Morgan fingerprint density at radius 3 is 3.29 bits per heavy atom. The third kappa shape index (κ3) is 0.904. The lowest BCUT2D eigenvalue weighted by Crippen LogP contribution is -2.15. The number of nitrogens with one attached hydrogen (secondary N) is 1. The standard InChI is InChI=1S/C9H11N3OS/c1-2-7-9(13)10-8-5-3-14-4-6(5)11-12(7)8/h7H,2-4H2,1H3,(H,10,13)/t7-/m1/s1. The van der Waals surface area contributed by atoms with Crippen LogP contribution in [0, 0.1) is 0 Å². The summed E-state index contributed by atoms with van der Waals surface area (Å²) in [5.41, 5.74) is 2.39. The molecule has 1 aromatic rings. The van der Waals surface area contributed by atoms with Gasteiger partial charge in [-0.1, -0.05) is 6.92 Å². The van der Waals surface area contributed by atoms with Crippen LogP contribution in [0.15, 0.2) is 0 Å². The van der Waals surface area contributed by atoms with Crippen molar-refractivity contribution in [3.63, 3.8) is 0 Å². The fourth-order valence-corrected chi connectivity index (χ4v) is 3.10. The molecule has 0 saturated heterocycles. The third-order valence-electron chi connectivity index (χ3n) is 2.80. The summed E-state index contributed by atoms with van der Waals surface area (Å²) in [5.74, 6) is 3.01. The van der Waals surface area contributed by atoms with E-state index in [-0.39, 0.29) is 11.9 Å². The molecule has 1 atom stereocenters. The Morgan fingerprint density at radius 2 is 2.50 bits per heavy atom. The van der Waals surface area contributed by atoms with E-state index < -0.39 is 0 Å². The largest absolute Gasteiger partial charge is 0.309 e. The van der Waals surface area contributed by atoms with Gasteiger partial charge in [-0.05, 0) is 6.42 Å². The average molecular weight is 209 g/mol. The molecule has 0 saturated carbocycles. The number of nitrogens with zero attached hydrogens (tertiary/aromatic N) is 2. The molecule has 0 aliphatic carbocycles. The lowest BCUT2D eigenvalue weighted by molar-refractivity contribution is -0.118. The van der Waals surface area contributed by atoms with Gasteiger partial charge < -0.3 is 5.32 Å². The summed E-state index contributed by atoms with van der Waals surface area (Å²) >= 11 is 1.86. The Morgan fingerprint density at radius 1 is 1.64 bits per heavy atom. The minimum absolute atomic E-state index is 0.0828. The van der Waals surface area contributed by atoms with Gasteiger partial charge in [0.2, 0.25) is 5.91 Å². The van der Waals surface area contributed by atoms with Crippen LogP contribution >= 0.6 is 11.8 Å². The highest BCUT2D eigenvalue weighted by Gasteiger charge is 2.35. The second kappa shape index (κ2) is 2.76. The highest BCUT2D eigenvalue weighted by Crippen LogP contribution is 2.39. The number of hydrogen-bond acceptors (Lipinski definition) is 3. The minimum atomic E-state index is -0.0828.